The van der Waals surface area contributed by atoms with E-state index in [2.05, 4.69) is 30.5 Å². The molecule has 2 N–H and O–H groups in total. The Morgan fingerprint density at radius 2 is 2.00 bits per heavy atom. The lowest BCUT2D eigenvalue weighted by atomic mass is 9.90. The van der Waals surface area contributed by atoms with Crippen LogP contribution in [0, 0.1) is 5.92 Å². The Bertz CT molecular complexity index is 255. The molecule has 1 heterocycles. The van der Waals surface area contributed by atoms with Gasteiger partial charge in [0.2, 0.25) is 0 Å². The van der Waals surface area contributed by atoms with Crippen molar-refractivity contribution >= 4 is 11.8 Å². The van der Waals surface area contributed by atoms with Crippen LogP contribution >= 0.6 is 11.8 Å². The maximum Gasteiger partial charge on any atom is 0.0425 e. The molecule has 112 valence electrons. The van der Waals surface area contributed by atoms with Crippen LogP contribution in [-0.2, 0) is 0 Å². The summed E-state index contributed by atoms with van der Waals surface area (Å²) in [7, 11) is 0. The van der Waals surface area contributed by atoms with E-state index in [4.69, 9.17) is 5.73 Å². The molecule has 0 amide bonds. The minimum atomic E-state index is 0.312. The van der Waals surface area contributed by atoms with Gasteiger partial charge in [-0.2, -0.15) is 11.8 Å². The van der Waals surface area contributed by atoms with Crippen molar-refractivity contribution in [1.29, 1.82) is 0 Å². The molecule has 2 fully saturated rings. The molecule has 0 radical (unpaired) electrons. The summed E-state index contributed by atoms with van der Waals surface area (Å²) >= 11 is 2.13. The quantitative estimate of drug-likeness (QED) is 0.809. The van der Waals surface area contributed by atoms with Crippen LogP contribution in [0.2, 0.25) is 0 Å². The van der Waals surface area contributed by atoms with E-state index in [1.54, 1.807) is 0 Å². The van der Waals surface area contributed by atoms with Crippen molar-refractivity contribution in [1.82, 2.24) is 4.90 Å². The van der Waals surface area contributed by atoms with Gasteiger partial charge in [0.05, 0.1) is 0 Å². The summed E-state index contributed by atoms with van der Waals surface area (Å²) in [4.78, 5) is 2.85. The molecule has 1 aliphatic carbocycles. The first-order valence-electron chi connectivity index (χ1n) is 8.22. The Labute approximate surface area is 123 Å². The first-order valence-corrected chi connectivity index (χ1v) is 9.38. The number of thioether (sulfide) groups is 1. The van der Waals surface area contributed by atoms with Crippen molar-refractivity contribution in [2.24, 2.45) is 11.7 Å². The monoisotopic (exact) mass is 284 g/mol. The summed E-state index contributed by atoms with van der Waals surface area (Å²) in [5, 5.41) is 0. The third-order valence-corrected chi connectivity index (χ3v) is 6.32. The standard InChI is InChI=1S/C16H32N2S/c1-14(2)8-10-18(15-6-3-4-7-15)16(12-17)9-5-11-19-13-16/h14-15H,3-13,17H2,1-2H3. The van der Waals surface area contributed by atoms with E-state index in [0.717, 1.165) is 18.5 Å². The van der Waals surface area contributed by atoms with Crippen LogP contribution in [0.25, 0.3) is 0 Å². The van der Waals surface area contributed by atoms with Gasteiger partial charge >= 0.3 is 0 Å². The lowest BCUT2D eigenvalue weighted by Gasteiger charge is -2.49. The highest BCUT2D eigenvalue weighted by Gasteiger charge is 2.41. The molecule has 1 aliphatic heterocycles. The molecule has 2 aliphatic rings. The Morgan fingerprint density at radius 1 is 1.26 bits per heavy atom. The highest BCUT2D eigenvalue weighted by molar-refractivity contribution is 7.99. The molecule has 0 aromatic heterocycles. The summed E-state index contributed by atoms with van der Waals surface area (Å²) in [5.74, 6) is 3.40. The van der Waals surface area contributed by atoms with Gasteiger partial charge in [0.25, 0.3) is 0 Å². The highest BCUT2D eigenvalue weighted by atomic mass is 32.2. The average Bonchev–Trinajstić information content (AvgIpc) is 2.93. The predicted octanol–water partition coefficient (Wildman–Crippen LogP) is 3.50. The summed E-state index contributed by atoms with van der Waals surface area (Å²) in [6.07, 6.45) is 9.67. The van der Waals surface area contributed by atoms with Crippen molar-refractivity contribution in [3.05, 3.63) is 0 Å². The fourth-order valence-electron chi connectivity index (χ4n) is 3.76. The van der Waals surface area contributed by atoms with Crippen molar-refractivity contribution in [3.8, 4) is 0 Å². The lowest BCUT2D eigenvalue weighted by Crippen LogP contribution is -2.60. The fraction of sp³-hybridized carbons (Fsp3) is 1.00. The molecule has 0 aromatic carbocycles. The summed E-state index contributed by atoms with van der Waals surface area (Å²) < 4.78 is 0. The molecule has 1 saturated heterocycles. The number of hydrogen-bond acceptors (Lipinski definition) is 3. The van der Waals surface area contributed by atoms with Gasteiger partial charge in [-0.15, -0.1) is 0 Å². The van der Waals surface area contributed by atoms with Gasteiger partial charge in [0.15, 0.2) is 0 Å². The van der Waals surface area contributed by atoms with Gasteiger partial charge in [-0.05, 0) is 50.3 Å². The van der Waals surface area contributed by atoms with Gasteiger partial charge in [0, 0.05) is 23.9 Å². The zero-order chi connectivity index (χ0) is 13.7. The Kier molecular flexibility index (Phi) is 6.04. The van der Waals surface area contributed by atoms with Gasteiger partial charge in [-0.3, -0.25) is 4.90 Å². The number of rotatable bonds is 6. The molecule has 19 heavy (non-hydrogen) atoms. The van der Waals surface area contributed by atoms with Crippen LogP contribution in [0.1, 0.15) is 58.8 Å². The van der Waals surface area contributed by atoms with Crippen molar-refractivity contribution in [2.75, 3.05) is 24.6 Å². The van der Waals surface area contributed by atoms with E-state index < -0.39 is 0 Å². The molecule has 1 atom stereocenters. The van der Waals surface area contributed by atoms with E-state index in [-0.39, 0.29) is 0 Å². The maximum absolute atomic E-state index is 6.26. The van der Waals surface area contributed by atoms with Crippen molar-refractivity contribution < 1.29 is 0 Å². The molecular weight excluding hydrogens is 252 g/mol. The topological polar surface area (TPSA) is 29.3 Å². The van der Waals surface area contributed by atoms with E-state index in [1.165, 1.54) is 63.0 Å². The predicted molar refractivity (Wildman–Crippen MR) is 86.8 cm³/mol. The summed E-state index contributed by atoms with van der Waals surface area (Å²) in [5.41, 5.74) is 6.57. The third-order valence-electron chi connectivity index (χ3n) is 5.00. The second-order valence-corrected chi connectivity index (χ2v) is 8.00. The first-order chi connectivity index (χ1) is 9.18. The highest BCUT2D eigenvalue weighted by Crippen LogP contribution is 2.37. The second-order valence-electron chi connectivity index (χ2n) is 6.90. The van der Waals surface area contributed by atoms with Gasteiger partial charge in [-0.25, -0.2) is 0 Å². The van der Waals surface area contributed by atoms with E-state index in [0.29, 0.717) is 5.54 Å². The maximum atomic E-state index is 6.26. The smallest absolute Gasteiger partial charge is 0.0425 e. The number of nitrogens with zero attached hydrogens (tertiary/aromatic N) is 1. The van der Waals surface area contributed by atoms with E-state index >= 15 is 0 Å². The Balaban J connectivity index is 2.08. The average molecular weight is 285 g/mol. The van der Waals surface area contributed by atoms with Crippen LogP contribution in [0.5, 0.6) is 0 Å². The number of hydrogen-bond donors (Lipinski definition) is 1. The molecule has 2 rings (SSSR count). The molecule has 0 aromatic rings. The Hall–Kier alpha value is 0.270. The first kappa shape index (κ1) is 15.7. The zero-order valence-corrected chi connectivity index (χ0v) is 13.7. The molecule has 3 heteroatoms. The zero-order valence-electron chi connectivity index (χ0n) is 12.9. The minimum Gasteiger partial charge on any atom is -0.329 e. The van der Waals surface area contributed by atoms with Gasteiger partial charge < -0.3 is 5.73 Å². The lowest BCUT2D eigenvalue weighted by molar-refractivity contribution is 0.0522. The molecule has 1 saturated carbocycles. The summed E-state index contributed by atoms with van der Waals surface area (Å²) in [6.45, 7) is 6.81. The fourth-order valence-corrected chi connectivity index (χ4v) is 5.06. The second kappa shape index (κ2) is 7.33. The van der Waals surface area contributed by atoms with Crippen molar-refractivity contribution in [2.45, 2.75) is 70.4 Å². The number of nitrogens with two attached hydrogens (primary N) is 1. The molecule has 1 unspecified atom stereocenters. The van der Waals surface area contributed by atoms with Crippen LogP contribution in [0.15, 0.2) is 0 Å². The largest absolute Gasteiger partial charge is 0.329 e. The molecular formula is C16H32N2S. The van der Waals surface area contributed by atoms with E-state index in [1.807, 2.05) is 0 Å². The van der Waals surface area contributed by atoms with Crippen LogP contribution < -0.4 is 5.73 Å². The minimum absolute atomic E-state index is 0.312. The molecule has 0 spiro atoms. The van der Waals surface area contributed by atoms with Crippen LogP contribution in [0.4, 0.5) is 0 Å². The van der Waals surface area contributed by atoms with Crippen LogP contribution in [0.3, 0.4) is 0 Å². The Morgan fingerprint density at radius 3 is 2.53 bits per heavy atom. The van der Waals surface area contributed by atoms with Gasteiger partial charge in [-0.1, -0.05) is 26.7 Å². The summed E-state index contributed by atoms with van der Waals surface area (Å²) in [6, 6.07) is 0.820. The SMILES string of the molecule is CC(C)CCN(C1CCCC1)C1(CN)CCCSC1. The van der Waals surface area contributed by atoms with Crippen LogP contribution in [-0.4, -0.2) is 41.1 Å². The molecule has 0 bridgehead atoms. The van der Waals surface area contributed by atoms with Gasteiger partial charge in [0.1, 0.15) is 0 Å². The third kappa shape index (κ3) is 3.89. The van der Waals surface area contributed by atoms with E-state index in [9.17, 15) is 0 Å². The normalized spacial score (nSPS) is 29.5. The van der Waals surface area contributed by atoms with Crippen molar-refractivity contribution in [3.63, 3.8) is 0 Å². The molecule has 2 nitrogen and oxygen atoms in total.